The Morgan fingerprint density at radius 3 is 2.67 bits per heavy atom. The fourth-order valence-electron chi connectivity index (χ4n) is 3.72. The second-order valence-corrected chi connectivity index (χ2v) is 8.08. The molecule has 158 valence electrons. The van der Waals surface area contributed by atoms with E-state index >= 15 is 0 Å². The van der Waals surface area contributed by atoms with Crippen molar-refractivity contribution in [1.82, 2.24) is 29.9 Å². The van der Waals surface area contributed by atoms with Crippen molar-refractivity contribution < 1.29 is 4.79 Å². The SMILES string of the molecule is CC(C)c1cc(C(=O)NCCc2nnc3ccccn23)nc(N2CCCCCC2)n1. The molecule has 0 atom stereocenters. The highest BCUT2D eigenvalue weighted by atomic mass is 16.1. The Morgan fingerprint density at radius 1 is 1.10 bits per heavy atom. The lowest BCUT2D eigenvalue weighted by atomic mass is 10.1. The molecule has 1 fully saturated rings. The number of amides is 1. The second-order valence-electron chi connectivity index (χ2n) is 8.08. The fraction of sp³-hybridized carbons (Fsp3) is 0.500. The Hall–Kier alpha value is -3.03. The molecular weight excluding hydrogens is 378 g/mol. The van der Waals surface area contributed by atoms with Crippen molar-refractivity contribution in [3.05, 3.63) is 47.7 Å². The van der Waals surface area contributed by atoms with Gasteiger partial charge in [-0.15, -0.1) is 10.2 Å². The summed E-state index contributed by atoms with van der Waals surface area (Å²) in [5.74, 6) is 1.55. The van der Waals surface area contributed by atoms with Crippen molar-refractivity contribution in [2.75, 3.05) is 24.5 Å². The predicted octanol–water partition coefficient (Wildman–Crippen LogP) is 3.00. The quantitative estimate of drug-likeness (QED) is 0.676. The molecule has 4 heterocycles. The van der Waals surface area contributed by atoms with Crippen LogP contribution in [-0.2, 0) is 6.42 Å². The molecule has 0 spiro atoms. The average Bonchev–Trinajstić information content (AvgIpc) is 2.97. The van der Waals surface area contributed by atoms with Crippen LogP contribution in [0.1, 0.15) is 67.5 Å². The minimum Gasteiger partial charge on any atom is -0.350 e. The summed E-state index contributed by atoms with van der Waals surface area (Å²) in [4.78, 5) is 24.4. The Kier molecular flexibility index (Phi) is 6.21. The molecule has 0 saturated carbocycles. The van der Waals surface area contributed by atoms with Gasteiger partial charge >= 0.3 is 0 Å². The molecule has 4 rings (SSSR count). The first-order chi connectivity index (χ1) is 14.6. The van der Waals surface area contributed by atoms with Gasteiger partial charge in [0.15, 0.2) is 5.65 Å². The Labute approximate surface area is 176 Å². The number of carbonyl (C=O) groups excluding carboxylic acids is 1. The van der Waals surface area contributed by atoms with E-state index in [0.29, 0.717) is 24.6 Å². The Balaban J connectivity index is 1.46. The minimum absolute atomic E-state index is 0.177. The van der Waals surface area contributed by atoms with Gasteiger partial charge in [0, 0.05) is 37.9 Å². The van der Waals surface area contributed by atoms with E-state index in [4.69, 9.17) is 4.98 Å². The first-order valence-corrected chi connectivity index (χ1v) is 10.8. The molecule has 0 radical (unpaired) electrons. The highest BCUT2D eigenvalue weighted by Crippen LogP contribution is 2.20. The van der Waals surface area contributed by atoms with Crippen LogP contribution in [0.25, 0.3) is 5.65 Å². The van der Waals surface area contributed by atoms with Gasteiger partial charge in [-0.05, 0) is 37.0 Å². The van der Waals surface area contributed by atoms with Crippen LogP contribution >= 0.6 is 0 Å². The zero-order chi connectivity index (χ0) is 20.9. The van der Waals surface area contributed by atoms with E-state index in [-0.39, 0.29) is 11.8 Å². The van der Waals surface area contributed by atoms with Gasteiger partial charge < -0.3 is 10.2 Å². The number of fused-ring (bicyclic) bond motifs is 1. The number of nitrogens with one attached hydrogen (secondary N) is 1. The first-order valence-electron chi connectivity index (χ1n) is 10.8. The zero-order valence-corrected chi connectivity index (χ0v) is 17.7. The Morgan fingerprint density at radius 2 is 1.90 bits per heavy atom. The fourth-order valence-corrected chi connectivity index (χ4v) is 3.72. The topological polar surface area (TPSA) is 88.3 Å². The summed E-state index contributed by atoms with van der Waals surface area (Å²) in [6, 6.07) is 7.59. The molecule has 0 unspecified atom stereocenters. The monoisotopic (exact) mass is 407 g/mol. The predicted molar refractivity (Wildman–Crippen MR) is 116 cm³/mol. The number of nitrogens with zero attached hydrogens (tertiary/aromatic N) is 6. The summed E-state index contributed by atoms with van der Waals surface area (Å²) in [7, 11) is 0. The third-order valence-electron chi connectivity index (χ3n) is 5.47. The smallest absolute Gasteiger partial charge is 0.270 e. The summed E-state index contributed by atoms with van der Waals surface area (Å²) in [6.07, 6.45) is 7.29. The molecule has 0 aromatic carbocycles. The number of rotatable bonds is 6. The lowest BCUT2D eigenvalue weighted by Gasteiger charge is -2.22. The van der Waals surface area contributed by atoms with Gasteiger partial charge in [-0.1, -0.05) is 32.8 Å². The molecule has 0 bridgehead atoms. The molecule has 1 amide bonds. The molecule has 3 aromatic heterocycles. The number of anilines is 1. The summed E-state index contributed by atoms with van der Waals surface area (Å²) in [5.41, 5.74) is 2.13. The number of carbonyl (C=O) groups is 1. The van der Waals surface area contributed by atoms with Crippen molar-refractivity contribution in [3.8, 4) is 0 Å². The maximum Gasteiger partial charge on any atom is 0.270 e. The molecular formula is C22H29N7O. The van der Waals surface area contributed by atoms with E-state index in [1.807, 2.05) is 34.9 Å². The van der Waals surface area contributed by atoms with Crippen molar-refractivity contribution in [2.24, 2.45) is 0 Å². The highest BCUT2D eigenvalue weighted by molar-refractivity contribution is 5.92. The molecule has 1 aliphatic heterocycles. The highest BCUT2D eigenvalue weighted by Gasteiger charge is 2.18. The second kappa shape index (κ2) is 9.19. The van der Waals surface area contributed by atoms with Crippen LogP contribution < -0.4 is 10.2 Å². The lowest BCUT2D eigenvalue weighted by molar-refractivity contribution is 0.0948. The maximum absolute atomic E-state index is 12.9. The average molecular weight is 408 g/mol. The summed E-state index contributed by atoms with van der Waals surface area (Å²) in [5, 5.41) is 11.3. The molecule has 1 N–H and O–H groups in total. The van der Waals surface area contributed by atoms with Crippen molar-refractivity contribution in [3.63, 3.8) is 0 Å². The number of pyridine rings is 1. The van der Waals surface area contributed by atoms with Gasteiger partial charge in [-0.25, -0.2) is 9.97 Å². The van der Waals surface area contributed by atoms with E-state index in [0.717, 1.165) is 43.1 Å². The summed E-state index contributed by atoms with van der Waals surface area (Å²) in [6.45, 7) is 6.54. The van der Waals surface area contributed by atoms with Gasteiger partial charge in [-0.2, -0.15) is 0 Å². The van der Waals surface area contributed by atoms with Crippen LogP contribution in [0.5, 0.6) is 0 Å². The molecule has 3 aromatic rings. The standard InChI is InChI=1S/C22H29N7O/c1-16(2)17-15-18(25-22(24-17)28-12-6-3-4-7-13-28)21(30)23-11-10-20-27-26-19-9-5-8-14-29(19)20/h5,8-9,14-16H,3-4,6-7,10-13H2,1-2H3,(H,23,30). The molecule has 8 heteroatoms. The van der Waals surface area contributed by atoms with Crippen molar-refractivity contribution in [1.29, 1.82) is 0 Å². The van der Waals surface area contributed by atoms with Crippen LogP contribution in [0.15, 0.2) is 30.5 Å². The number of aromatic nitrogens is 5. The molecule has 1 saturated heterocycles. The largest absolute Gasteiger partial charge is 0.350 e. The van der Waals surface area contributed by atoms with Crippen LogP contribution in [0, 0.1) is 0 Å². The van der Waals surface area contributed by atoms with Crippen LogP contribution in [0.4, 0.5) is 5.95 Å². The van der Waals surface area contributed by atoms with Gasteiger partial charge in [-0.3, -0.25) is 9.20 Å². The van der Waals surface area contributed by atoms with Gasteiger partial charge in [0.25, 0.3) is 5.91 Å². The van der Waals surface area contributed by atoms with Gasteiger partial charge in [0.1, 0.15) is 11.5 Å². The van der Waals surface area contributed by atoms with Gasteiger partial charge in [0.05, 0.1) is 0 Å². The minimum atomic E-state index is -0.177. The normalized spacial score (nSPS) is 14.8. The van der Waals surface area contributed by atoms with Crippen LogP contribution in [-0.4, -0.2) is 50.1 Å². The summed E-state index contributed by atoms with van der Waals surface area (Å²) < 4.78 is 1.94. The van der Waals surface area contributed by atoms with E-state index in [1.54, 1.807) is 0 Å². The maximum atomic E-state index is 12.9. The number of hydrogen-bond donors (Lipinski definition) is 1. The molecule has 30 heavy (non-hydrogen) atoms. The number of hydrogen-bond acceptors (Lipinski definition) is 6. The Bertz CT molecular complexity index is 1010. The molecule has 1 aliphatic rings. The van der Waals surface area contributed by atoms with Crippen LogP contribution in [0.2, 0.25) is 0 Å². The molecule has 8 nitrogen and oxygen atoms in total. The molecule has 0 aliphatic carbocycles. The van der Waals surface area contributed by atoms with E-state index < -0.39 is 0 Å². The van der Waals surface area contributed by atoms with Crippen LogP contribution in [0.3, 0.4) is 0 Å². The summed E-state index contributed by atoms with van der Waals surface area (Å²) >= 11 is 0. The van der Waals surface area contributed by atoms with Crippen molar-refractivity contribution >= 4 is 17.5 Å². The lowest BCUT2D eigenvalue weighted by Crippen LogP contribution is -2.30. The van der Waals surface area contributed by atoms with E-state index in [9.17, 15) is 4.79 Å². The third-order valence-corrected chi connectivity index (χ3v) is 5.47. The van der Waals surface area contributed by atoms with E-state index in [1.165, 1.54) is 12.8 Å². The van der Waals surface area contributed by atoms with E-state index in [2.05, 4.69) is 39.2 Å². The van der Waals surface area contributed by atoms with Crippen molar-refractivity contribution in [2.45, 2.75) is 51.9 Å². The zero-order valence-electron chi connectivity index (χ0n) is 17.7. The first kappa shape index (κ1) is 20.3. The third kappa shape index (κ3) is 4.58. The van der Waals surface area contributed by atoms with Gasteiger partial charge in [0.2, 0.25) is 5.95 Å².